The molecule has 0 aromatic heterocycles. The Morgan fingerprint density at radius 1 is 1.11 bits per heavy atom. The molecule has 0 radical (unpaired) electrons. The Bertz CT molecular complexity index is 910. The largest absolute Gasteiger partial charge is 0.497 e. The fourth-order valence-corrected chi connectivity index (χ4v) is 3.21. The van der Waals surface area contributed by atoms with Crippen molar-refractivity contribution >= 4 is 29.1 Å². The molecule has 7 nitrogen and oxygen atoms in total. The molecule has 0 atom stereocenters. The molecule has 0 aliphatic carbocycles. The van der Waals surface area contributed by atoms with Gasteiger partial charge in [-0.05, 0) is 48.2 Å². The maximum atomic E-state index is 12.2. The number of benzene rings is 2. The number of fused-ring (bicyclic) bond motifs is 1. The lowest BCUT2D eigenvalue weighted by atomic mass is 10.0. The standard InChI is InChI=1S/C21H23N3O4/c1-14(25)24-10-4-6-16-8-9-17(12-19(16)24)23-21(27)20(26)22-13-15-5-3-7-18(11-15)28-2/h3,5,7-9,11-12H,4,6,10,13H2,1-2H3,(H,22,26)(H,23,27). The molecule has 0 saturated carbocycles. The molecule has 0 unspecified atom stereocenters. The summed E-state index contributed by atoms with van der Waals surface area (Å²) in [6, 6.07) is 12.6. The summed E-state index contributed by atoms with van der Waals surface area (Å²) in [5.74, 6) is -0.849. The van der Waals surface area contributed by atoms with E-state index >= 15 is 0 Å². The smallest absolute Gasteiger partial charge is 0.313 e. The number of methoxy groups -OCH3 is 1. The van der Waals surface area contributed by atoms with Crippen LogP contribution in [0.15, 0.2) is 42.5 Å². The number of rotatable bonds is 4. The van der Waals surface area contributed by atoms with Gasteiger partial charge in [-0.15, -0.1) is 0 Å². The van der Waals surface area contributed by atoms with Gasteiger partial charge in [-0.2, -0.15) is 0 Å². The summed E-state index contributed by atoms with van der Waals surface area (Å²) in [5.41, 5.74) is 3.15. The Kier molecular flexibility index (Phi) is 5.93. The Labute approximate surface area is 163 Å². The maximum absolute atomic E-state index is 12.2. The van der Waals surface area contributed by atoms with Gasteiger partial charge in [0.2, 0.25) is 5.91 Å². The van der Waals surface area contributed by atoms with Crippen LogP contribution in [0.3, 0.4) is 0 Å². The normalized spacial score (nSPS) is 12.7. The van der Waals surface area contributed by atoms with Crippen LogP contribution in [0, 0.1) is 0 Å². The van der Waals surface area contributed by atoms with Crippen LogP contribution in [0.2, 0.25) is 0 Å². The van der Waals surface area contributed by atoms with Crippen molar-refractivity contribution in [3.8, 4) is 5.75 Å². The zero-order chi connectivity index (χ0) is 20.1. The summed E-state index contributed by atoms with van der Waals surface area (Å²) in [4.78, 5) is 37.9. The van der Waals surface area contributed by atoms with E-state index in [4.69, 9.17) is 4.74 Å². The van der Waals surface area contributed by atoms with E-state index in [0.717, 1.165) is 29.7 Å². The Balaban J connectivity index is 1.63. The SMILES string of the molecule is COc1cccc(CNC(=O)C(=O)Nc2ccc3c(c2)N(C(C)=O)CCC3)c1. The molecule has 3 amide bonds. The number of ether oxygens (including phenoxy) is 1. The quantitative estimate of drug-likeness (QED) is 0.795. The second-order valence-electron chi connectivity index (χ2n) is 6.61. The summed E-state index contributed by atoms with van der Waals surface area (Å²) < 4.78 is 5.14. The molecule has 1 aliphatic rings. The lowest BCUT2D eigenvalue weighted by Gasteiger charge is -2.29. The molecular weight excluding hydrogens is 358 g/mol. The van der Waals surface area contributed by atoms with Crippen molar-refractivity contribution in [3.05, 3.63) is 53.6 Å². The highest BCUT2D eigenvalue weighted by Crippen LogP contribution is 2.30. The Morgan fingerprint density at radius 2 is 1.93 bits per heavy atom. The number of carbonyl (C=O) groups excluding carboxylic acids is 3. The van der Waals surface area contributed by atoms with Crippen LogP contribution in [0.1, 0.15) is 24.5 Å². The molecular formula is C21H23N3O4. The predicted molar refractivity (Wildman–Crippen MR) is 106 cm³/mol. The van der Waals surface area contributed by atoms with Crippen molar-refractivity contribution in [2.45, 2.75) is 26.3 Å². The van der Waals surface area contributed by atoms with Crippen LogP contribution >= 0.6 is 0 Å². The fraction of sp³-hybridized carbons (Fsp3) is 0.286. The number of nitrogens with zero attached hydrogens (tertiary/aromatic N) is 1. The molecule has 1 heterocycles. The van der Waals surface area contributed by atoms with E-state index in [2.05, 4.69) is 10.6 Å². The number of nitrogens with one attached hydrogen (secondary N) is 2. The second-order valence-corrected chi connectivity index (χ2v) is 6.61. The van der Waals surface area contributed by atoms with Crippen LogP contribution in [-0.4, -0.2) is 31.4 Å². The highest BCUT2D eigenvalue weighted by atomic mass is 16.5. The first-order valence-corrected chi connectivity index (χ1v) is 9.11. The van der Waals surface area contributed by atoms with Gasteiger partial charge in [-0.3, -0.25) is 14.4 Å². The lowest BCUT2D eigenvalue weighted by molar-refractivity contribution is -0.136. The minimum Gasteiger partial charge on any atom is -0.497 e. The van der Waals surface area contributed by atoms with E-state index < -0.39 is 11.8 Å². The van der Waals surface area contributed by atoms with Gasteiger partial charge >= 0.3 is 11.8 Å². The number of hydrogen-bond acceptors (Lipinski definition) is 4. The number of carbonyl (C=O) groups is 3. The monoisotopic (exact) mass is 381 g/mol. The van der Waals surface area contributed by atoms with E-state index in [-0.39, 0.29) is 12.5 Å². The van der Waals surface area contributed by atoms with Crippen LogP contribution in [0.25, 0.3) is 0 Å². The zero-order valence-corrected chi connectivity index (χ0v) is 16.0. The first-order chi connectivity index (χ1) is 13.5. The summed E-state index contributed by atoms with van der Waals surface area (Å²) in [7, 11) is 1.57. The summed E-state index contributed by atoms with van der Waals surface area (Å²) >= 11 is 0. The third-order valence-corrected chi connectivity index (χ3v) is 4.64. The van der Waals surface area contributed by atoms with Crippen LogP contribution in [0.5, 0.6) is 5.75 Å². The van der Waals surface area contributed by atoms with Gasteiger partial charge in [-0.25, -0.2) is 0 Å². The maximum Gasteiger partial charge on any atom is 0.313 e. The Hall–Kier alpha value is -3.35. The van der Waals surface area contributed by atoms with Gasteiger partial charge in [0.05, 0.1) is 7.11 Å². The van der Waals surface area contributed by atoms with Crippen molar-refractivity contribution in [2.24, 2.45) is 0 Å². The van der Waals surface area contributed by atoms with Crippen molar-refractivity contribution in [1.29, 1.82) is 0 Å². The molecule has 0 bridgehead atoms. The third-order valence-electron chi connectivity index (χ3n) is 4.64. The topological polar surface area (TPSA) is 87.7 Å². The van der Waals surface area contributed by atoms with Crippen LogP contribution < -0.4 is 20.3 Å². The van der Waals surface area contributed by atoms with E-state index in [1.54, 1.807) is 36.3 Å². The third kappa shape index (κ3) is 4.49. The summed E-state index contributed by atoms with van der Waals surface area (Å²) in [6.45, 7) is 2.39. The molecule has 7 heteroatoms. The molecule has 146 valence electrons. The van der Waals surface area contributed by atoms with Gasteiger partial charge in [0.25, 0.3) is 0 Å². The molecule has 1 aliphatic heterocycles. The minimum absolute atomic E-state index is 0.0412. The first-order valence-electron chi connectivity index (χ1n) is 9.11. The van der Waals surface area contributed by atoms with Gasteiger partial charge in [-0.1, -0.05) is 18.2 Å². The van der Waals surface area contributed by atoms with Crippen molar-refractivity contribution in [2.75, 3.05) is 23.9 Å². The molecule has 2 aromatic carbocycles. The summed E-state index contributed by atoms with van der Waals surface area (Å²) in [6.07, 6.45) is 1.79. The average Bonchev–Trinajstić information content (AvgIpc) is 2.71. The lowest BCUT2D eigenvalue weighted by Crippen LogP contribution is -2.35. The van der Waals surface area contributed by atoms with Crippen LogP contribution in [-0.2, 0) is 27.3 Å². The van der Waals surface area contributed by atoms with Crippen LogP contribution in [0.4, 0.5) is 11.4 Å². The molecule has 3 rings (SSSR count). The number of hydrogen-bond donors (Lipinski definition) is 2. The summed E-state index contributed by atoms with van der Waals surface area (Å²) in [5, 5.41) is 5.19. The van der Waals surface area contributed by atoms with Crippen molar-refractivity contribution in [1.82, 2.24) is 5.32 Å². The van der Waals surface area contributed by atoms with E-state index in [1.165, 1.54) is 6.92 Å². The Morgan fingerprint density at radius 3 is 2.68 bits per heavy atom. The van der Waals surface area contributed by atoms with Gasteiger partial charge < -0.3 is 20.3 Å². The van der Waals surface area contributed by atoms with Gasteiger partial charge in [0.1, 0.15) is 5.75 Å². The van der Waals surface area contributed by atoms with Crippen molar-refractivity contribution in [3.63, 3.8) is 0 Å². The molecule has 0 spiro atoms. The van der Waals surface area contributed by atoms with E-state index in [1.807, 2.05) is 18.2 Å². The molecule has 2 aromatic rings. The molecule has 2 N–H and O–H groups in total. The zero-order valence-electron chi connectivity index (χ0n) is 16.0. The average molecular weight is 381 g/mol. The predicted octanol–water partition coefficient (Wildman–Crippen LogP) is 2.25. The highest BCUT2D eigenvalue weighted by molar-refractivity contribution is 6.39. The van der Waals surface area contributed by atoms with Gasteiger partial charge in [0.15, 0.2) is 0 Å². The fourth-order valence-electron chi connectivity index (χ4n) is 3.21. The molecule has 0 fully saturated rings. The molecule has 28 heavy (non-hydrogen) atoms. The number of aryl methyl sites for hydroxylation is 1. The van der Waals surface area contributed by atoms with Gasteiger partial charge in [0, 0.05) is 31.4 Å². The second kappa shape index (κ2) is 8.56. The minimum atomic E-state index is -0.756. The molecule has 0 saturated heterocycles. The highest BCUT2D eigenvalue weighted by Gasteiger charge is 2.21. The van der Waals surface area contributed by atoms with Crippen molar-refractivity contribution < 1.29 is 19.1 Å². The van der Waals surface area contributed by atoms with E-state index in [0.29, 0.717) is 18.0 Å². The number of anilines is 2. The van der Waals surface area contributed by atoms with E-state index in [9.17, 15) is 14.4 Å². The number of amides is 3. The first kappa shape index (κ1) is 19.4.